The molecule has 3 N–H and O–H groups in total. The molecular formula is C19H15ClF2N2O3. The highest BCUT2D eigenvalue weighted by molar-refractivity contribution is 6.30. The van der Waals surface area contributed by atoms with Gasteiger partial charge in [-0.2, -0.15) is 0 Å². The molecule has 1 aromatic heterocycles. The number of hydrogen-bond acceptors (Lipinski definition) is 3. The number of primary amides is 1. The van der Waals surface area contributed by atoms with Gasteiger partial charge in [-0.3, -0.25) is 14.2 Å². The second-order valence-corrected chi connectivity index (χ2v) is 6.62. The number of aromatic hydroxyl groups is 1. The van der Waals surface area contributed by atoms with Crippen LogP contribution in [-0.2, 0) is 4.79 Å². The number of carbonyl (C=O) groups is 2. The summed E-state index contributed by atoms with van der Waals surface area (Å²) in [5.74, 6) is -5.94. The lowest BCUT2D eigenvalue weighted by Crippen LogP contribution is -2.20. The van der Waals surface area contributed by atoms with E-state index in [4.69, 9.17) is 17.3 Å². The molecular weight excluding hydrogens is 378 g/mol. The predicted molar refractivity (Wildman–Crippen MR) is 97.0 cm³/mol. The first-order chi connectivity index (χ1) is 12.6. The van der Waals surface area contributed by atoms with Gasteiger partial charge in [0.1, 0.15) is 0 Å². The van der Waals surface area contributed by atoms with Crippen LogP contribution in [0.1, 0.15) is 34.5 Å². The quantitative estimate of drug-likeness (QED) is 0.709. The van der Waals surface area contributed by atoms with Crippen LogP contribution in [0.15, 0.2) is 30.3 Å². The zero-order valence-corrected chi connectivity index (χ0v) is 15.1. The minimum atomic E-state index is -1.25. The van der Waals surface area contributed by atoms with Crippen LogP contribution in [0.3, 0.4) is 0 Å². The van der Waals surface area contributed by atoms with Gasteiger partial charge in [0.15, 0.2) is 17.4 Å². The number of benzene rings is 2. The molecule has 0 aliphatic rings. The van der Waals surface area contributed by atoms with Crippen LogP contribution in [-0.4, -0.2) is 21.5 Å². The first-order valence-electron chi connectivity index (χ1n) is 7.96. The fourth-order valence-corrected chi connectivity index (χ4v) is 3.29. The molecule has 140 valence electrons. The highest BCUT2D eigenvalue weighted by Gasteiger charge is 2.29. The summed E-state index contributed by atoms with van der Waals surface area (Å²) < 4.78 is 29.8. The molecule has 2 aromatic carbocycles. The third-order valence-corrected chi connectivity index (χ3v) is 4.81. The van der Waals surface area contributed by atoms with Gasteiger partial charge in [0.05, 0.1) is 11.4 Å². The molecule has 0 aliphatic carbocycles. The Balaban J connectivity index is 2.39. The molecule has 8 heteroatoms. The molecule has 0 aliphatic heterocycles. The molecule has 1 amide bonds. The third kappa shape index (κ3) is 2.94. The van der Waals surface area contributed by atoms with Crippen molar-refractivity contribution < 1.29 is 23.5 Å². The Kier molecular flexibility index (Phi) is 4.65. The molecule has 5 nitrogen and oxygen atoms in total. The number of nitrogens with zero attached hydrogens (tertiary/aromatic N) is 1. The number of carbonyl (C=O) groups excluding carboxylic acids is 2. The number of hydrogen-bond donors (Lipinski definition) is 2. The Morgan fingerprint density at radius 1 is 1.22 bits per heavy atom. The molecule has 1 atom stereocenters. The maximum absolute atomic E-state index is 14.7. The van der Waals surface area contributed by atoms with Crippen molar-refractivity contribution in [2.75, 3.05) is 0 Å². The van der Waals surface area contributed by atoms with Crippen molar-refractivity contribution in [1.82, 2.24) is 4.57 Å². The fraction of sp³-hybridized carbons (Fsp3) is 0.158. The van der Waals surface area contributed by atoms with E-state index in [-0.39, 0.29) is 27.7 Å². The standard InChI is InChI=1S/C19H15ClF2N2O3/c1-8(18(23)26)14-9(2)24(19(27)10-3-5-11(20)6-4-10)13-7-12(21)17(25)16(22)15(13)14/h3-8,25H,1-2H3,(H2,23,26)/t8-/m0/s1. The van der Waals surface area contributed by atoms with E-state index in [1.165, 1.54) is 38.1 Å². The van der Waals surface area contributed by atoms with Crippen molar-refractivity contribution in [3.05, 3.63) is 63.8 Å². The Labute approximate surface area is 158 Å². The molecule has 1 heterocycles. The molecule has 0 spiro atoms. The topological polar surface area (TPSA) is 85.3 Å². The van der Waals surface area contributed by atoms with Crippen LogP contribution >= 0.6 is 11.6 Å². The zero-order valence-electron chi connectivity index (χ0n) is 14.4. The Morgan fingerprint density at radius 3 is 2.37 bits per heavy atom. The average Bonchev–Trinajstić information content (AvgIpc) is 2.91. The van der Waals surface area contributed by atoms with Gasteiger partial charge < -0.3 is 10.8 Å². The summed E-state index contributed by atoms with van der Waals surface area (Å²) in [7, 11) is 0. The van der Waals surface area contributed by atoms with Gasteiger partial charge in [0.25, 0.3) is 5.91 Å². The summed E-state index contributed by atoms with van der Waals surface area (Å²) >= 11 is 5.83. The lowest BCUT2D eigenvalue weighted by molar-refractivity contribution is -0.119. The lowest BCUT2D eigenvalue weighted by atomic mass is 9.97. The number of amides is 1. The Bertz CT molecular complexity index is 1090. The first-order valence-corrected chi connectivity index (χ1v) is 8.34. The second kappa shape index (κ2) is 6.66. The number of rotatable bonds is 3. The number of fused-ring (bicyclic) bond motifs is 1. The predicted octanol–water partition coefficient (Wildman–Crippen LogP) is 3.86. The largest absolute Gasteiger partial charge is 0.503 e. The minimum Gasteiger partial charge on any atom is -0.503 e. The SMILES string of the molecule is Cc1c([C@H](C)C(N)=O)c2c(F)c(O)c(F)cc2n1C(=O)c1ccc(Cl)cc1. The van der Waals surface area contributed by atoms with Crippen molar-refractivity contribution in [2.24, 2.45) is 5.73 Å². The van der Waals surface area contributed by atoms with Crippen molar-refractivity contribution >= 4 is 34.3 Å². The van der Waals surface area contributed by atoms with E-state index >= 15 is 0 Å². The highest BCUT2D eigenvalue weighted by Crippen LogP contribution is 2.38. The number of nitrogens with two attached hydrogens (primary N) is 1. The van der Waals surface area contributed by atoms with Gasteiger partial charge in [-0.1, -0.05) is 11.6 Å². The smallest absolute Gasteiger partial charge is 0.262 e. The van der Waals surface area contributed by atoms with E-state index in [1.807, 2.05) is 0 Å². The van der Waals surface area contributed by atoms with Crippen LogP contribution in [0.2, 0.25) is 5.02 Å². The fourth-order valence-electron chi connectivity index (χ4n) is 3.17. The van der Waals surface area contributed by atoms with Crippen LogP contribution in [0.5, 0.6) is 5.75 Å². The summed E-state index contributed by atoms with van der Waals surface area (Å²) in [6, 6.07) is 6.82. The van der Waals surface area contributed by atoms with Gasteiger partial charge in [-0.15, -0.1) is 0 Å². The van der Waals surface area contributed by atoms with Crippen LogP contribution < -0.4 is 5.73 Å². The van der Waals surface area contributed by atoms with Crippen molar-refractivity contribution in [3.63, 3.8) is 0 Å². The summed E-state index contributed by atoms with van der Waals surface area (Å²) in [6.45, 7) is 2.94. The van der Waals surface area contributed by atoms with Gasteiger partial charge >= 0.3 is 0 Å². The summed E-state index contributed by atoms with van der Waals surface area (Å²) in [5, 5.41) is 9.86. The van der Waals surface area contributed by atoms with Crippen LogP contribution in [0.25, 0.3) is 10.9 Å². The molecule has 3 aromatic rings. The molecule has 0 bridgehead atoms. The van der Waals surface area contributed by atoms with E-state index in [1.54, 1.807) is 0 Å². The molecule has 0 saturated carbocycles. The van der Waals surface area contributed by atoms with Crippen molar-refractivity contribution in [1.29, 1.82) is 0 Å². The highest BCUT2D eigenvalue weighted by atomic mass is 35.5. The second-order valence-electron chi connectivity index (χ2n) is 6.19. The average molecular weight is 393 g/mol. The summed E-state index contributed by atoms with van der Waals surface area (Å²) in [5.41, 5.74) is 5.81. The maximum Gasteiger partial charge on any atom is 0.262 e. The summed E-state index contributed by atoms with van der Waals surface area (Å²) in [4.78, 5) is 24.7. The number of aromatic nitrogens is 1. The van der Waals surface area contributed by atoms with E-state index < -0.39 is 35.1 Å². The molecule has 0 saturated heterocycles. The van der Waals surface area contributed by atoms with Crippen molar-refractivity contribution in [3.8, 4) is 5.75 Å². The van der Waals surface area contributed by atoms with Gasteiger partial charge in [-0.25, -0.2) is 8.78 Å². The maximum atomic E-state index is 14.7. The monoisotopic (exact) mass is 392 g/mol. The number of phenolic OH excluding ortho intramolecular Hbond substituents is 1. The third-order valence-electron chi connectivity index (χ3n) is 4.56. The Morgan fingerprint density at radius 2 is 1.81 bits per heavy atom. The van der Waals surface area contributed by atoms with Crippen LogP contribution in [0, 0.1) is 18.6 Å². The van der Waals surface area contributed by atoms with Gasteiger partial charge in [-0.05, 0) is 43.7 Å². The Hall–Kier alpha value is -2.93. The van der Waals surface area contributed by atoms with E-state index in [9.17, 15) is 23.5 Å². The molecule has 3 rings (SSSR count). The van der Waals surface area contributed by atoms with Crippen molar-refractivity contribution in [2.45, 2.75) is 19.8 Å². The summed E-state index contributed by atoms with van der Waals surface area (Å²) in [6.07, 6.45) is 0. The normalized spacial score (nSPS) is 12.3. The molecule has 0 unspecified atom stereocenters. The van der Waals surface area contributed by atoms with E-state index in [0.717, 1.165) is 10.6 Å². The first kappa shape index (κ1) is 18.8. The zero-order chi connectivity index (χ0) is 20.0. The molecule has 0 fully saturated rings. The minimum absolute atomic E-state index is 0.108. The molecule has 27 heavy (non-hydrogen) atoms. The van der Waals surface area contributed by atoms with Gasteiger partial charge in [0, 0.05) is 27.7 Å². The van der Waals surface area contributed by atoms with Crippen LogP contribution in [0.4, 0.5) is 8.78 Å². The van der Waals surface area contributed by atoms with Gasteiger partial charge in [0.2, 0.25) is 5.91 Å². The molecule has 0 radical (unpaired) electrons. The van der Waals surface area contributed by atoms with E-state index in [0.29, 0.717) is 5.02 Å². The number of halogens is 3. The number of phenols is 1. The van der Waals surface area contributed by atoms with E-state index in [2.05, 4.69) is 0 Å². The lowest BCUT2D eigenvalue weighted by Gasteiger charge is -2.10.